The molecule has 0 heterocycles. The number of hydrogen-bond acceptors (Lipinski definition) is 4. The van der Waals surface area contributed by atoms with Crippen LogP contribution in [0.5, 0.6) is 0 Å². The average Bonchev–Trinajstić information content (AvgIpc) is 3.70. The number of hydroxylamine groups is 1. The number of hydrogen-bond donors (Lipinski definition) is 4. The SMILES string of the molecule is O=C(NC1CC1)/C(=C/c1ccc(C(=O)NCc2ccc(C(=O)NO)cc2)cc1)c1cccc(Cl)c1. The van der Waals surface area contributed by atoms with Gasteiger partial charge in [0.1, 0.15) is 0 Å². The van der Waals surface area contributed by atoms with Crippen molar-refractivity contribution in [1.29, 1.82) is 0 Å². The van der Waals surface area contributed by atoms with Gasteiger partial charge in [0.05, 0.1) is 0 Å². The van der Waals surface area contributed by atoms with Crippen LogP contribution in [0.3, 0.4) is 0 Å². The van der Waals surface area contributed by atoms with Crippen molar-refractivity contribution >= 4 is 41.0 Å². The van der Waals surface area contributed by atoms with Crippen LogP contribution >= 0.6 is 11.6 Å². The van der Waals surface area contributed by atoms with Gasteiger partial charge in [0.15, 0.2) is 0 Å². The molecule has 7 nitrogen and oxygen atoms in total. The molecule has 3 aromatic carbocycles. The van der Waals surface area contributed by atoms with Gasteiger partial charge in [-0.15, -0.1) is 0 Å². The van der Waals surface area contributed by atoms with E-state index in [2.05, 4.69) is 10.6 Å². The highest BCUT2D eigenvalue weighted by molar-refractivity contribution is 6.31. The maximum Gasteiger partial charge on any atom is 0.274 e. The summed E-state index contributed by atoms with van der Waals surface area (Å²) in [6.45, 7) is 0.280. The smallest absolute Gasteiger partial charge is 0.274 e. The predicted molar refractivity (Wildman–Crippen MR) is 134 cm³/mol. The molecule has 0 aromatic heterocycles. The van der Waals surface area contributed by atoms with Gasteiger partial charge in [-0.1, -0.05) is 48.0 Å². The van der Waals surface area contributed by atoms with Gasteiger partial charge in [-0.25, -0.2) is 5.48 Å². The monoisotopic (exact) mass is 489 g/mol. The van der Waals surface area contributed by atoms with Crippen LogP contribution in [0.1, 0.15) is 50.2 Å². The summed E-state index contributed by atoms with van der Waals surface area (Å²) in [4.78, 5) is 36.8. The van der Waals surface area contributed by atoms with Crippen molar-refractivity contribution < 1.29 is 19.6 Å². The third kappa shape index (κ3) is 6.56. The van der Waals surface area contributed by atoms with Gasteiger partial charge >= 0.3 is 0 Å². The van der Waals surface area contributed by atoms with Crippen molar-refractivity contribution in [2.75, 3.05) is 0 Å². The number of carbonyl (C=O) groups is 3. The minimum atomic E-state index is -0.599. The zero-order valence-electron chi connectivity index (χ0n) is 18.8. The lowest BCUT2D eigenvalue weighted by Gasteiger charge is -2.10. The van der Waals surface area contributed by atoms with Gasteiger partial charge in [0, 0.05) is 34.3 Å². The standard InChI is InChI=1S/C27H24ClN3O4/c28-22-3-1-2-21(15-22)24(27(34)30-23-12-13-23)14-17-4-8-19(9-5-17)25(32)29-16-18-6-10-20(11-7-18)26(33)31-35/h1-11,14-15,23,35H,12-13,16H2,(H,29,32)(H,30,34)(H,31,33)/b24-14+. The van der Waals surface area contributed by atoms with Crippen LogP contribution in [0, 0.1) is 0 Å². The molecule has 1 aliphatic rings. The fraction of sp³-hybridized carbons (Fsp3) is 0.148. The molecule has 4 N–H and O–H groups in total. The fourth-order valence-electron chi connectivity index (χ4n) is 3.45. The summed E-state index contributed by atoms with van der Waals surface area (Å²) in [5.41, 5.74) is 5.18. The molecule has 0 bridgehead atoms. The van der Waals surface area contributed by atoms with Crippen molar-refractivity contribution in [3.05, 3.63) is 106 Å². The van der Waals surface area contributed by atoms with Gasteiger partial charge in [-0.2, -0.15) is 0 Å². The highest BCUT2D eigenvalue weighted by Crippen LogP contribution is 2.25. The third-order valence-electron chi connectivity index (χ3n) is 5.55. The minimum Gasteiger partial charge on any atom is -0.349 e. The van der Waals surface area contributed by atoms with Crippen LogP contribution in [0.2, 0.25) is 5.02 Å². The molecule has 1 fully saturated rings. The average molecular weight is 490 g/mol. The van der Waals surface area contributed by atoms with E-state index in [1.54, 1.807) is 78.3 Å². The molecule has 8 heteroatoms. The lowest BCUT2D eigenvalue weighted by molar-refractivity contribution is -0.115. The molecule has 0 radical (unpaired) electrons. The van der Waals surface area contributed by atoms with E-state index in [4.69, 9.17) is 16.8 Å². The van der Waals surface area contributed by atoms with Gasteiger partial charge in [0.25, 0.3) is 17.7 Å². The summed E-state index contributed by atoms with van der Waals surface area (Å²) in [6.07, 6.45) is 3.76. The summed E-state index contributed by atoms with van der Waals surface area (Å²) in [5, 5.41) is 15.1. The molecule has 4 rings (SSSR count). The first-order valence-corrected chi connectivity index (χ1v) is 11.5. The highest BCUT2D eigenvalue weighted by atomic mass is 35.5. The second-order valence-electron chi connectivity index (χ2n) is 8.26. The van der Waals surface area contributed by atoms with Crippen LogP contribution < -0.4 is 16.1 Å². The molecule has 3 amide bonds. The summed E-state index contributed by atoms with van der Waals surface area (Å²) in [6, 6.07) is 20.9. The van der Waals surface area contributed by atoms with E-state index in [-0.39, 0.29) is 24.4 Å². The second-order valence-corrected chi connectivity index (χ2v) is 8.70. The van der Waals surface area contributed by atoms with Gasteiger partial charge in [-0.05, 0) is 72.0 Å². The Bertz CT molecular complexity index is 1270. The molecule has 178 valence electrons. The van der Waals surface area contributed by atoms with E-state index in [9.17, 15) is 14.4 Å². The van der Waals surface area contributed by atoms with Crippen molar-refractivity contribution in [3.63, 3.8) is 0 Å². The Kier molecular flexibility index (Phi) is 7.60. The van der Waals surface area contributed by atoms with Gasteiger partial charge < -0.3 is 10.6 Å². The zero-order valence-corrected chi connectivity index (χ0v) is 19.5. The van der Waals surface area contributed by atoms with Crippen LogP contribution in [0.15, 0.2) is 72.8 Å². The Hall–Kier alpha value is -3.94. The highest BCUT2D eigenvalue weighted by Gasteiger charge is 2.25. The minimum absolute atomic E-state index is 0.154. The molecule has 0 saturated heterocycles. The lowest BCUT2D eigenvalue weighted by atomic mass is 10.0. The van der Waals surface area contributed by atoms with Gasteiger partial charge in [0.2, 0.25) is 0 Å². The second kappa shape index (κ2) is 11.0. The molecule has 3 aromatic rings. The Morgan fingerprint density at radius 1 is 0.886 bits per heavy atom. The summed E-state index contributed by atoms with van der Waals surface area (Å²) in [7, 11) is 0. The number of amides is 3. The van der Waals surface area contributed by atoms with Crippen LogP contribution in [-0.4, -0.2) is 29.0 Å². The lowest BCUT2D eigenvalue weighted by Crippen LogP contribution is -2.26. The van der Waals surface area contributed by atoms with Crippen LogP contribution in [-0.2, 0) is 11.3 Å². The molecule has 0 unspecified atom stereocenters. The van der Waals surface area contributed by atoms with E-state index < -0.39 is 5.91 Å². The maximum atomic E-state index is 12.9. The molecule has 0 atom stereocenters. The Labute approximate surface area is 207 Å². The number of nitrogens with one attached hydrogen (secondary N) is 3. The van der Waals surface area contributed by atoms with E-state index in [1.807, 2.05) is 6.07 Å². The van der Waals surface area contributed by atoms with Crippen molar-refractivity contribution in [3.8, 4) is 0 Å². The molecule has 1 aliphatic carbocycles. The number of rotatable bonds is 8. The topological polar surface area (TPSA) is 108 Å². The third-order valence-corrected chi connectivity index (χ3v) is 5.78. The molecular weight excluding hydrogens is 466 g/mol. The summed E-state index contributed by atoms with van der Waals surface area (Å²) < 4.78 is 0. The van der Waals surface area contributed by atoms with Crippen LogP contribution in [0.4, 0.5) is 0 Å². The van der Waals surface area contributed by atoms with E-state index in [0.29, 0.717) is 21.7 Å². The first kappa shape index (κ1) is 24.2. The summed E-state index contributed by atoms with van der Waals surface area (Å²) >= 11 is 6.14. The van der Waals surface area contributed by atoms with Crippen molar-refractivity contribution in [2.24, 2.45) is 0 Å². The van der Waals surface area contributed by atoms with Crippen molar-refractivity contribution in [1.82, 2.24) is 16.1 Å². The van der Waals surface area contributed by atoms with E-state index >= 15 is 0 Å². The molecule has 0 aliphatic heterocycles. The first-order chi connectivity index (χ1) is 16.9. The quantitative estimate of drug-likeness (QED) is 0.164. The molecule has 35 heavy (non-hydrogen) atoms. The largest absolute Gasteiger partial charge is 0.349 e. The molecule has 0 spiro atoms. The Morgan fingerprint density at radius 3 is 2.17 bits per heavy atom. The normalized spacial score (nSPS) is 13.1. The number of carbonyl (C=O) groups excluding carboxylic acids is 3. The molecule has 1 saturated carbocycles. The Balaban J connectivity index is 1.44. The van der Waals surface area contributed by atoms with Gasteiger partial charge in [-0.3, -0.25) is 19.6 Å². The Morgan fingerprint density at radius 2 is 1.54 bits per heavy atom. The molecular formula is C27H24ClN3O4. The fourth-order valence-corrected chi connectivity index (χ4v) is 3.64. The van der Waals surface area contributed by atoms with Crippen molar-refractivity contribution in [2.45, 2.75) is 25.4 Å². The number of halogens is 1. The van der Waals surface area contributed by atoms with Crippen LogP contribution in [0.25, 0.3) is 11.6 Å². The maximum absolute atomic E-state index is 12.9. The predicted octanol–water partition coefficient (Wildman–Crippen LogP) is 4.21. The zero-order chi connectivity index (χ0) is 24.8. The van der Waals surface area contributed by atoms with E-state index in [0.717, 1.165) is 29.5 Å². The van der Waals surface area contributed by atoms with E-state index in [1.165, 1.54) is 0 Å². The number of benzene rings is 3. The summed E-state index contributed by atoms with van der Waals surface area (Å²) in [5.74, 6) is -1.00. The first-order valence-electron chi connectivity index (χ1n) is 11.1.